The third-order valence-electron chi connectivity index (χ3n) is 4.59. The highest BCUT2D eigenvalue weighted by atomic mass is 32.2. The molecule has 1 N–H and O–H groups in total. The number of aromatic nitrogens is 3. The lowest BCUT2D eigenvalue weighted by Gasteiger charge is -2.29. The molecule has 0 unspecified atom stereocenters. The number of fused-ring (bicyclic) bond motifs is 1. The quantitative estimate of drug-likeness (QED) is 0.845. The number of hydrogen-bond donors (Lipinski definition) is 1. The third-order valence-corrected chi connectivity index (χ3v) is 5.70. The second-order valence-corrected chi connectivity index (χ2v) is 8.61. The van der Waals surface area contributed by atoms with E-state index in [1.807, 2.05) is 0 Å². The summed E-state index contributed by atoms with van der Waals surface area (Å²) in [6, 6.07) is 4.64. The predicted octanol–water partition coefficient (Wildman–Crippen LogP) is 0.958. The minimum absolute atomic E-state index is 0.146. The molecule has 8 nitrogen and oxygen atoms in total. The first-order chi connectivity index (χ1) is 11.8. The lowest BCUT2D eigenvalue weighted by Crippen LogP contribution is -2.43. The minimum atomic E-state index is -3.35. The lowest BCUT2D eigenvalue weighted by atomic mass is 9.86. The van der Waals surface area contributed by atoms with E-state index < -0.39 is 9.84 Å². The van der Waals surface area contributed by atoms with Crippen molar-refractivity contribution in [1.82, 2.24) is 20.5 Å². The van der Waals surface area contributed by atoms with Crippen molar-refractivity contribution >= 4 is 26.8 Å². The molecule has 1 fully saturated rings. The van der Waals surface area contributed by atoms with E-state index in [4.69, 9.17) is 4.84 Å². The van der Waals surface area contributed by atoms with Crippen molar-refractivity contribution in [2.75, 3.05) is 12.9 Å². The van der Waals surface area contributed by atoms with E-state index in [-0.39, 0.29) is 23.5 Å². The fourth-order valence-electron chi connectivity index (χ4n) is 3.10. The predicted molar refractivity (Wildman–Crippen MR) is 91.6 cm³/mol. The van der Waals surface area contributed by atoms with Crippen molar-refractivity contribution in [2.45, 2.75) is 43.5 Å². The molecule has 0 aliphatic heterocycles. The van der Waals surface area contributed by atoms with Crippen LogP contribution in [0.2, 0.25) is 0 Å². The molecule has 2 atom stereocenters. The molecule has 1 saturated carbocycles. The summed E-state index contributed by atoms with van der Waals surface area (Å²) in [5.41, 5.74) is 0.899. The summed E-state index contributed by atoms with van der Waals surface area (Å²) in [5, 5.41) is 10.7. The molecule has 2 aromatic rings. The highest BCUT2D eigenvalue weighted by Gasteiger charge is 2.23. The van der Waals surface area contributed by atoms with E-state index in [1.165, 1.54) is 18.6 Å². The van der Waals surface area contributed by atoms with E-state index in [0.29, 0.717) is 17.0 Å². The van der Waals surface area contributed by atoms with Crippen LogP contribution in [-0.4, -0.2) is 48.4 Å². The van der Waals surface area contributed by atoms with Crippen molar-refractivity contribution < 1.29 is 18.0 Å². The van der Waals surface area contributed by atoms with E-state index >= 15 is 0 Å². The Morgan fingerprint density at radius 3 is 2.84 bits per heavy atom. The average Bonchev–Trinajstić information content (AvgIpc) is 2.96. The monoisotopic (exact) mass is 366 g/mol. The second kappa shape index (κ2) is 6.99. The van der Waals surface area contributed by atoms with Crippen LogP contribution in [0.25, 0.3) is 11.0 Å². The van der Waals surface area contributed by atoms with E-state index in [1.54, 1.807) is 6.07 Å². The normalized spacial score (nSPS) is 21.2. The molecule has 0 spiro atoms. The van der Waals surface area contributed by atoms with Gasteiger partial charge in [-0.2, -0.15) is 0 Å². The number of sulfone groups is 1. The summed E-state index contributed by atoms with van der Waals surface area (Å²) < 4.78 is 23.3. The molecule has 1 aliphatic rings. The van der Waals surface area contributed by atoms with Crippen molar-refractivity contribution in [2.24, 2.45) is 5.92 Å². The van der Waals surface area contributed by atoms with Gasteiger partial charge in [-0.15, -0.1) is 5.10 Å². The second-order valence-electron chi connectivity index (χ2n) is 6.59. The number of benzene rings is 1. The molecule has 1 aromatic heterocycles. The Balaban J connectivity index is 1.67. The van der Waals surface area contributed by atoms with Gasteiger partial charge in [-0.1, -0.05) is 24.6 Å². The molecule has 0 bridgehead atoms. The Labute approximate surface area is 146 Å². The van der Waals surface area contributed by atoms with Crippen LogP contribution in [0.3, 0.4) is 0 Å². The smallest absolute Gasteiger partial charge is 0.261 e. The zero-order chi connectivity index (χ0) is 18.0. The van der Waals surface area contributed by atoms with Gasteiger partial charge in [0.25, 0.3) is 5.91 Å². The van der Waals surface area contributed by atoms with Gasteiger partial charge in [0.05, 0.1) is 4.90 Å². The molecule has 1 amide bonds. The molecule has 1 heterocycles. The number of hydrogen-bond acceptors (Lipinski definition) is 6. The first kappa shape index (κ1) is 17.7. The maximum atomic E-state index is 12.1. The van der Waals surface area contributed by atoms with Gasteiger partial charge >= 0.3 is 0 Å². The molecule has 3 rings (SSSR count). The van der Waals surface area contributed by atoms with Crippen LogP contribution < -0.4 is 10.2 Å². The summed E-state index contributed by atoms with van der Waals surface area (Å²) in [7, 11) is -3.35. The van der Waals surface area contributed by atoms with E-state index in [0.717, 1.165) is 30.4 Å². The maximum Gasteiger partial charge on any atom is 0.261 e. The number of carbonyl (C=O) groups excluding carboxylic acids is 1. The van der Waals surface area contributed by atoms with E-state index in [9.17, 15) is 13.2 Å². The van der Waals surface area contributed by atoms with Crippen LogP contribution in [0, 0.1) is 5.92 Å². The molecule has 1 aromatic carbocycles. The number of amides is 1. The topological polar surface area (TPSA) is 103 Å². The maximum absolute atomic E-state index is 12.1. The van der Waals surface area contributed by atoms with Crippen molar-refractivity contribution in [3.05, 3.63) is 18.2 Å². The molecule has 136 valence electrons. The Kier molecular flexibility index (Phi) is 4.94. The summed E-state index contributed by atoms with van der Waals surface area (Å²) >= 11 is 0. The van der Waals surface area contributed by atoms with Gasteiger partial charge in [-0.25, -0.2) is 8.42 Å². The highest BCUT2D eigenvalue weighted by Crippen LogP contribution is 2.23. The van der Waals surface area contributed by atoms with Gasteiger partial charge in [0.2, 0.25) is 0 Å². The van der Waals surface area contributed by atoms with Crippen molar-refractivity contribution in [3.63, 3.8) is 0 Å². The van der Waals surface area contributed by atoms with Crippen LogP contribution in [0.4, 0.5) is 0 Å². The Morgan fingerprint density at radius 1 is 1.36 bits per heavy atom. The standard InChI is InChI=1S/C16H22N4O4S/c1-11-5-3-4-6-13(11)17-16(21)10-24-20-15-9-12(25(2,22)23)7-8-14(15)18-19-20/h7-9,11,13H,3-6,10H2,1-2H3,(H,17,21)/t11-,13-/m0/s1. The summed E-state index contributed by atoms with van der Waals surface area (Å²) in [4.78, 5) is 18.8. The fourth-order valence-corrected chi connectivity index (χ4v) is 3.74. The Morgan fingerprint density at radius 2 is 2.12 bits per heavy atom. The number of carbonyl (C=O) groups is 1. The number of rotatable bonds is 5. The molecule has 1 aliphatic carbocycles. The molecule has 9 heteroatoms. The first-order valence-corrected chi connectivity index (χ1v) is 10.2. The molecular weight excluding hydrogens is 344 g/mol. The minimum Gasteiger partial charge on any atom is -0.385 e. The number of nitrogens with zero attached hydrogens (tertiary/aromatic N) is 3. The van der Waals surface area contributed by atoms with Crippen molar-refractivity contribution in [3.8, 4) is 0 Å². The largest absolute Gasteiger partial charge is 0.385 e. The summed E-state index contributed by atoms with van der Waals surface area (Å²) in [5.74, 6) is 0.240. The zero-order valence-corrected chi connectivity index (χ0v) is 15.1. The van der Waals surface area contributed by atoms with E-state index in [2.05, 4.69) is 22.6 Å². The van der Waals surface area contributed by atoms with Gasteiger partial charge in [-0.3, -0.25) is 4.79 Å². The SMILES string of the molecule is C[C@H]1CCCC[C@@H]1NC(=O)COn1nnc2ccc(S(C)(=O)=O)cc21. The number of nitrogens with one attached hydrogen (secondary N) is 1. The van der Waals surface area contributed by atoms with Crippen LogP contribution in [0.15, 0.2) is 23.1 Å². The zero-order valence-electron chi connectivity index (χ0n) is 14.3. The fraction of sp³-hybridized carbons (Fsp3) is 0.562. The van der Waals surface area contributed by atoms with Gasteiger partial charge in [-0.05, 0) is 42.2 Å². The molecular formula is C16H22N4O4S. The molecule has 0 radical (unpaired) electrons. The summed E-state index contributed by atoms with van der Waals surface area (Å²) in [6.07, 6.45) is 5.56. The highest BCUT2D eigenvalue weighted by molar-refractivity contribution is 7.90. The third kappa shape index (κ3) is 4.09. The van der Waals surface area contributed by atoms with Gasteiger partial charge in [0.15, 0.2) is 16.4 Å². The Bertz CT molecular complexity index is 877. The van der Waals surface area contributed by atoms with Crippen LogP contribution in [0.1, 0.15) is 32.6 Å². The molecule has 0 saturated heterocycles. The Hall–Kier alpha value is -2.16. The first-order valence-electron chi connectivity index (χ1n) is 8.33. The van der Waals surface area contributed by atoms with Crippen LogP contribution in [0.5, 0.6) is 0 Å². The molecule has 25 heavy (non-hydrogen) atoms. The summed E-state index contributed by atoms with van der Waals surface area (Å²) in [6.45, 7) is 1.94. The lowest BCUT2D eigenvalue weighted by molar-refractivity contribution is -0.127. The van der Waals surface area contributed by atoms with Gasteiger partial charge in [0.1, 0.15) is 11.0 Å². The van der Waals surface area contributed by atoms with Gasteiger partial charge in [0, 0.05) is 12.3 Å². The van der Waals surface area contributed by atoms with Crippen molar-refractivity contribution in [1.29, 1.82) is 0 Å². The van der Waals surface area contributed by atoms with Crippen LogP contribution >= 0.6 is 0 Å². The van der Waals surface area contributed by atoms with Gasteiger partial charge < -0.3 is 10.2 Å². The average molecular weight is 366 g/mol. The van der Waals surface area contributed by atoms with Crippen LogP contribution in [-0.2, 0) is 14.6 Å².